The molecule has 2 atom stereocenters. The van der Waals surface area contributed by atoms with Crippen molar-refractivity contribution < 1.29 is 0 Å². The molecule has 1 aromatic carbocycles. The molecule has 2 aliphatic heterocycles. The highest BCUT2D eigenvalue weighted by atomic mass is 15.2. The standard InChI is InChI=1S/C18H26N4/c1-3-4-5-7-21-14-9-13(11-19)18-15(10-14)16-12-20-8-6-17(16)22(18)2/h9-10,16-17,20-21H,3-8,12H2,1-2H3. The van der Waals surface area contributed by atoms with Crippen molar-refractivity contribution in [1.29, 1.82) is 5.26 Å². The molecule has 4 heteroatoms. The van der Waals surface area contributed by atoms with E-state index in [4.69, 9.17) is 0 Å². The molecule has 4 nitrogen and oxygen atoms in total. The van der Waals surface area contributed by atoms with Gasteiger partial charge in [0.1, 0.15) is 6.07 Å². The molecule has 118 valence electrons. The summed E-state index contributed by atoms with van der Waals surface area (Å²) in [6.07, 6.45) is 4.82. The first-order valence-electron chi connectivity index (χ1n) is 8.51. The van der Waals surface area contributed by atoms with Gasteiger partial charge < -0.3 is 15.5 Å². The summed E-state index contributed by atoms with van der Waals surface area (Å²) in [6.45, 7) is 5.30. The summed E-state index contributed by atoms with van der Waals surface area (Å²) in [5.74, 6) is 0.512. The van der Waals surface area contributed by atoms with Crippen molar-refractivity contribution in [2.45, 2.75) is 44.6 Å². The number of nitrogens with zero attached hydrogens (tertiary/aromatic N) is 2. The lowest BCUT2D eigenvalue weighted by Gasteiger charge is -2.31. The quantitative estimate of drug-likeness (QED) is 0.820. The zero-order chi connectivity index (χ0) is 15.5. The summed E-state index contributed by atoms with van der Waals surface area (Å²) < 4.78 is 0. The van der Waals surface area contributed by atoms with E-state index in [-0.39, 0.29) is 0 Å². The molecule has 2 unspecified atom stereocenters. The summed E-state index contributed by atoms with van der Waals surface area (Å²) in [5, 5.41) is 16.6. The smallest absolute Gasteiger partial charge is 0.101 e. The highest BCUT2D eigenvalue weighted by molar-refractivity contribution is 5.74. The van der Waals surface area contributed by atoms with E-state index in [2.05, 4.69) is 41.6 Å². The molecular formula is C18H26N4. The fourth-order valence-electron chi connectivity index (χ4n) is 3.92. The van der Waals surface area contributed by atoms with Crippen LogP contribution in [0.4, 0.5) is 11.4 Å². The lowest BCUT2D eigenvalue weighted by Crippen LogP contribution is -2.42. The van der Waals surface area contributed by atoms with Crippen LogP contribution in [0, 0.1) is 11.3 Å². The molecule has 0 aromatic heterocycles. The summed E-state index contributed by atoms with van der Waals surface area (Å²) in [5.41, 5.74) is 4.41. The first-order valence-corrected chi connectivity index (χ1v) is 8.51. The molecule has 3 rings (SSSR count). The summed E-state index contributed by atoms with van der Waals surface area (Å²) in [7, 11) is 2.14. The second-order valence-electron chi connectivity index (χ2n) is 6.48. The number of nitrogens with one attached hydrogen (secondary N) is 2. The first kappa shape index (κ1) is 15.2. The molecule has 1 saturated heterocycles. The Morgan fingerprint density at radius 1 is 1.41 bits per heavy atom. The molecule has 1 fully saturated rings. The predicted molar refractivity (Wildman–Crippen MR) is 91.6 cm³/mol. The summed E-state index contributed by atoms with van der Waals surface area (Å²) in [6, 6.07) is 7.24. The van der Waals surface area contributed by atoms with Gasteiger partial charge in [0.2, 0.25) is 0 Å². The van der Waals surface area contributed by atoms with Gasteiger partial charge >= 0.3 is 0 Å². The van der Waals surface area contributed by atoms with Gasteiger partial charge in [-0.25, -0.2) is 0 Å². The number of piperidine rings is 1. The molecule has 0 saturated carbocycles. The van der Waals surface area contributed by atoms with Crippen LogP contribution in [-0.4, -0.2) is 32.7 Å². The number of likely N-dealkylation sites (N-methyl/N-ethyl adjacent to an activating group) is 1. The Kier molecular flexibility index (Phi) is 4.54. The van der Waals surface area contributed by atoms with Crippen LogP contribution in [0.25, 0.3) is 0 Å². The van der Waals surface area contributed by atoms with E-state index in [1.165, 1.54) is 24.8 Å². The topological polar surface area (TPSA) is 51.1 Å². The molecular weight excluding hydrogens is 272 g/mol. The zero-order valence-electron chi connectivity index (χ0n) is 13.7. The molecule has 0 amide bonds. The van der Waals surface area contributed by atoms with Crippen LogP contribution >= 0.6 is 0 Å². The number of anilines is 2. The average molecular weight is 298 g/mol. The second kappa shape index (κ2) is 6.58. The fraction of sp³-hybridized carbons (Fsp3) is 0.611. The van der Waals surface area contributed by atoms with E-state index in [0.29, 0.717) is 12.0 Å². The third kappa shape index (κ3) is 2.66. The van der Waals surface area contributed by atoms with Crippen molar-refractivity contribution in [3.63, 3.8) is 0 Å². The third-order valence-corrected chi connectivity index (χ3v) is 5.06. The number of fused-ring (bicyclic) bond motifs is 3. The van der Waals surface area contributed by atoms with Crippen LogP contribution in [-0.2, 0) is 0 Å². The van der Waals surface area contributed by atoms with Gasteiger partial charge in [-0.2, -0.15) is 5.26 Å². The largest absolute Gasteiger partial charge is 0.385 e. The molecule has 2 N–H and O–H groups in total. The minimum Gasteiger partial charge on any atom is -0.385 e. The Balaban J connectivity index is 1.87. The van der Waals surface area contributed by atoms with Gasteiger partial charge in [-0.15, -0.1) is 0 Å². The number of hydrogen-bond donors (Lipinski definition) is 2. The summed E-state index contributed by atoms with van der Waals surface area (Å²) >= 11 is 0. The summed E-state index contributed by atoms with van der Waals surface area (Å²) in [4.78, 5) is 2.33. The van der Waals surface area contributed by atoms with Crippen LogP contribution in [0.1, 0.15) is 49.7 Å². The molecule has 2 aliphatic rings. The molecule has 0 radical (unpaired) electrons. The van der Waals surface area contributed by atoms with Gasteiger partial charge in [0.25, 0.3) is 0 Å². The van der Waals surface area contributed by atoms with Crippen LogP contribution in [0.15, 0.2) is 12.1 Å². The third-order valence-electron chi connectivity index (χ3n) is 5.06. The monoisotopic (exact) mass is 298 g/mol. The van der Waals surface area contributed by atoms with Crippen molar-refractivity contribution in [3.8, 4) is 6.07 Å². The van der Waals surface area contributed by atoms with Gasteiger partial charge in [-0.1, -0.05) is 19.8 Å². The van der Waals surface area contributed by atoms with Gasteiger partial charge in [-0.3, -0.25) is 0 Å². The second-order valence-corrected chi connectivity index (χ2v) is 6.48. The molecule has 2 heterocycles. The molecule has 0 aliphatic carbocycles. The van der Waals surface area contributed by atoms with Crippen molar-refractivity contribution in [1.82, 2.24) is 5.32 Å². The molecule has 0 spiro atoms. The van der Waals surface area contributed by atoms with Gasteiger partial charge in [0, 0.05) is 37.8 Å². The highest BCUT2D eigenvalue weighted by Gasteiger charge is 2.39. The zero-order valence-corrected chi connectivity index (χ0v) is 13.7. The predicted octanol–water partition coefficient (Wildman–Crippen LogP) is 3.06. The van der Waals surface area contributed by atoms with E-state index >= 15 is 0 Å². The van der Waals surface area contributed by atoms with E-state index < -0.39 is 0 Å². The van der Waals surface area contributed by atoms with E-state index in [1.807, 2.05) is 6.07 Å². The van der Waals surface area contributed by atoms with Crippen molar-refractivity contribution >= 4 is 11.4 Å². The van der Waals surface area contributed by atoms with Crippen LogP contribution in [0.2, 0.25) is 0 Å². The maximum atomic E-state index is 9.57. The fourth-order valence-corrected chi connectivity index (χ4v) is 3.92. The lowest BCUT2D eigenvalue weighted by molar-refractivity contribution is 0.413. The molecule has 1 aromatic rings. The lowest BCUT2D eigenvalue weighted by atomic mass is 9.89. The SMILES string of the molecule is CCCCCNc1cc(C#N)c2c(c1)C1CNCCC1N2C. The van der Waals surface area contributed by atoms with Crippen molar-refractivity contribution in [2.75, 3.05) is 36.9 Å². The van der Waals surface area contributed by atoms with Crippen LogP contribution in [0.3, 0.4) is 0 Å². The minimum atomic E-state index is 0.512. The number of nitriles is 1. The normalized spacial score (nSPS) is 22.9. The molecule has 0 bridgehead atoms. The Morgan fingerprint density at radius 2 is 2.27 bits per heavy atom. The van der Waals surface area contributed by atoms with E-state index in [9.17, 15) is 5.26 Å². The first-order chi connectivity index (χ1) is 10.8. The van der Waals surface area contributed by atoms with Crippen molar-refractivity contribution in [3.05, 3.63) is 23.3 Å². The Hall–Kier alpha value is -1.73. The number of unbranched alkanes of at least 4 members (excludes halogenated alkanes) is 2. The Bertz CT molecular complexity index is 575. The van der Waals surface area contributed by atoms with Gasteiger partial charge in [0.15, 0.2) is 0 Å². The Morgan fingerprint density at radius 3 is 3.05 bits per heavy atom. The van der Waals surface area contributed by atoms with E-state index in [0.717, 1.165) is 43.0 Å². The van der Waals surface area contributed by atoms with Crippen molar-refractivity contribution in [2.24, 2.45) is 0 Å². The van der Waals surface area contributed by atoms with Gasteiger partial charge in [-0.05, 0) is 37.1 Å². The van der Waals surface area contributed by atoms with Gasteiger partial charge in [0.05, 0.1) is 11.3 Å². The molecule has 22 heavy (non-hydrogen) atoms. The number of hydrogen-bond acceptors (Lipinski definition) is 4. The average Bonchev–Trinajstić information content (AvgIpc) is 2.84. The Labute approximate surface area is 133 Å². The minimum absolute atomic E-state index is 0.512. The highest BCUT2D eigenvalue weighted by Crippen LogP contribution is 2.45. The maximum Gasteiger partial charge on any atom is 0.101 e. The van der Waals surface area contributed by atoms with Crippen LogP contribution < -0.4 is 15.5 Å². The van der Waals surface area contributed by atoms with Crippen LogP contribution in [0.5, 0.6) is 0 Å². The number of rotatable bonds is 5. The number of benzene rings is 1. The maximum absolute atomic E-state index is 9.57. The van der Waals surface area contributed by atoms with E-state index in [1.54, 1.807) is 0 Å².